The van der Waals surface area contributed by atoms with E-state index in [1.54, 1.807) is 17.8 Å². The van der Waals surface area contributed by atoms with Crippen molar-refractivity contribution >= 4 is 35.0 Å². The summed E-state index contributed by atoms with van der Waals surface area (Å²) in [4.78, 5) is 12.9. The minimum atomic E-state index is -0.492. The molecular weight excluding hydrogens is 268 g/mol. The van der Waals surface area contributed by atoms with Crippen LogP contribution in [0.15, 0.2) is 23.1 Å². The highest BCUT2D eigenvalue weighted by molar-refractivity contribution is 7.98. The van der Waals surface area contributed by atoms with Crippen LogP contribution in [0.5, 0.6) is 0 Å². The molecule has 0 spiro atoms. The van der Waals surface area contributed by atoms with Gasteiger partial charge in [-0.2, -0.15) is 0 Å². The predicted molar refractivity (Wildman–Crippen MR) is 79.3 cm³/mol. The fourth-order valence-corrected chi connectivity index (χ4v) is 2.35. The summed E-state index contributed by atoms with van der Waals surface area (Å²) in [5.41, 5.74) is 6.55. The van der Waals surface area contributed by atoms with Crippen molar-refractivity contribution in [1.29, 1.82) is 0 Å². The zero-order valence-electron chi connectivity index (χ0n) is 10.9. The summed E-state index contributed by atoms with van der Waals surface area (Å²) in [6.45, 7) is 3.98. The molecule has 0 saturated carbocycles. The molecule has 3 nitrogen and oxygen atoms in total. The molecule has 1 aromatic rings. The lowest BCUT2D eigenvalue weighted by atomic mass is 9.99. The number of amides is 1. The first-order chi connectivity index (χ1) is 8.49. The number of halogens is 1. The number of hydrogen-bond donors (Lipinski definition) is 2. The van der Waals surface area contributed by atoms with Gasteiger partial charge >= 0.3 is 0 Å². The Kier molecular flexibility index (Phi) is 5.99. The van der Waals surface area contributed by atoms with Gasteiger partial charge in [-0.25, -0.2) is 0 Å². The van der Waals surface area contributed by atoms with Gasteiger partial charge in [0.15, 0.2) is 0 Å². The summed E-state index contributed by atoms with van der Waals surface area (Å²) in [6, 6.07) is 4.97. The summed E-state index contributed by atoms with van der Waals surface area (Å²) in [5.74, 6) is -0.0109. The van der Waals surface area contributed by atoms with Crippen molar-refractivity contribution in [2.45, 2.75) is 31.2 Å². The average Bonchev–Trinajstić information content (AvgIpc) is 2.37. The second-order valence-electron chi connectivity index (χ2n) is 4.25. The molecule has 0 bridgehead atoms. The fraction of sp³-hybridized carbons (Fsp3) is 0.462. The Morgan fingerprint density at radius 1 is 1.56 bits per heavy atom. The molecule has 0 aromatic heterocycles. The molecule has 0 aliphatic rings. The standard InChI is InChI=1S/C13H19ClN2OS/c1-4-8(2)12(15)13(17)16-9-5-6-11(18-3)10(14)7-9/h5-8,12H,4,15H2,1-3H3,(H,16,17). The predicted octanol–water partition coefficient (Wildman–Crippen LogP) is 3.37. The SMILES string of the molecule is CCC(C)C(N)C(=O)Nc1ccc(SC)c(Cl)c1. The zero-order chi connectivity index (χ0) is 13.7. The van der Waals surface area contributed by atoms with E-state index in [0.717, 1.165) is 11.3 Å². The highest BCUT2D eigenvalue weighted by Gasteiger charge is 2.19. The molecule has 18 heavy (non-hydrogen) atoms. The number of carbonyl (C=O) groups excluding carboxylic acids is 1. The maximum Gasteiger partial charge on any atom is 0.241 e. The first kappa shape index (κ1) is 15.3. The molecule has 0 heterocycles. The normalized spacial score (nSPS) is 14.1. The number of nitrogens with two attached hydrogens (primary N) is 1. The van der Waals surface area contributed by atoms with Gasteiger partial charge in [0.05, 0.1) is 11.1 Å². The molecule has 0 aliphatic carbocycles. The van der Waals surface area contributed by atoms with E-state index in [4.69, 9.17) is 17.3 Å². The van der Waals surface area contributed by atoms with Crippen LogP contribution in [0.1, 0.15) is 20.3 Å². The van der Waals surface area contributed by atoms with E-state index in [1.165, 1.54) is 0 Å². The topological polar surface area (TPSA) is 55.1 Å². The Bertz CT molecular complexity index is 425. The number of benzene rings is 1. The molecule has 3 N–H and O–H groups in total. The molecule has 0 saturated heterocycles. The van der Waals surface area contributed by atoms with Crippen molar-refractivity contribution in [2.24, 2.45) is 11.7 Å². The quantitative estimate of drug-likeness (QED) is 0.816. The van der Waals surface area contributed by atoms with Crippen molar-refractivity contribution in [1.82, 2.24) is 0 Å². The minimum Gasteiger partial charge on any atom is -0.325 e. The van der Waals surface area contributed by atoms with Crippen LogP contribution in [0.25, 0.3) is 0 Å². The number of rotatable bonds is 5. The third-order valence-electron chi connectivity index (χ3n) is 2.98. The van der Waals surface area contributed by atoms with Gasteiger partial charge in [-0.1, -0.05) is 31.9 Å². The van der Waals surface area contributed by atoms with E-state index < -0.39 is 6.04 Å². The van der Waals surface area contributed by atoms with Crippen LogP contribution in [0.4, 0.5) is 5.69 Å². The zero-order valence-corrected chi connectivity index (χ0v) is 12.4. The summed E-state index contributed by atoms with van der Waals surface area (Å²) in [7, 11) is 0. The Hall–Kier alpha value is -0.710. The summed E-state index contributed by atoms with van der Waals surface area (Å²) in [5, 5.41) is 3.43. The van der Waals surface area contributed by atoms with Gasteiger partial charge in [0.1, 0.15) is 0 Å². The van der Waals surface area contributed by atoms with Crippen molar-refractivity contribution in [3.63, 3.8) is 0 Å². The van der Waals surface area contributed by atoms with E-state index in [2.05, 4.69) is 5.32 Å². The van der Waals surface area contributed by atoms with Gasteiger partial charge in [0.25, 0.3) is 0 Å². The molecular formula is C13H19ClN2OS. The second kappa shape index (κ2) is 7.02. The van der Waals surface area contributed by atoms with E-state index in [-0.39, 0.29) is 11.8 Å². The number of hydrogen-bond acceptors (Lipinski definition) is 3. The van der Waals surface area contributed by atoms with Crippen molar-refractivity contribution < 1.29 is 4.79 Å². The highest BCUT2D eigenvalue weighted by Crippen LogP contribution is 2.28. The van der Waals surface area contributed by atoms with Gasteiger partial charge < -0.3 is 11.1 Å². The maximum atomic E-state index is 11.9. The van der Waals surface area contributed by atoms with Gasteiger partial charge in [-0.3, -0.25) is 4.79 Å². The highest BCUT2D eigenvalue weighted by atomic mass is 35.5. The molecule has 0 aliphatic heterocycles. The Morgan fingerprint density at radius 2 is 2.22 bits per heavy atom. The molecule has 2 unspecified atom stereocenters. The van der Waals surface area contributed by atoms with Gasteiger partial charge in [-0.15, -0.1) is 11.8 Å². The lowest BCUT2D eigenvalue weighted by Crippen LogP contribution is -2.40. The van der Waals surface area contributed by atoms with Crippen molar-refractivity contribution in [3.05, 3.63) is 23.2 Å². The Labute approximate surface area is 117 Å². The molecule has 0 radical (unpaired) electrons. The molecule has 0 fully saturated rings. The largest absolute Gasteiger partial charge is 0.325 e. The van der Waals surface area contributed by atoms with E-state index in [0.29, 0.717) is 10.7 Å². The van der Waals surface area contributed by atoms with Crippen LogP contribution in [0.3, 0.4) is 0 Å². The molecule has 1 aromatic carbocycles. The summed E-state index contributed by atoms with van der Waals surface area (Å²) < 4.78 is 0. The lowest BCUT2D eigenvalue weighted by Gasteiger charge is -2.18. The van der Waals surface area contributed by atoms with Crippen LogP contribution in [-0.4, -0.2) is 18.2 Å². The molecule has 1 rings (SSSR count). The van der Waals surface area contributed by atoms with E-state index in [1.807, 2.05) is 32.2 Å². The Morgan fingerprint density at radius 3 is 2.72 bits per heavy atom. The molecule has 100 valence electrons. The second-order valence-corrected chi connectivity index (χ2v) is 5.51. The van der Waals surface area contributed by atoms with Gasteiger partial charge in [-0.05, 0) is 30.4 Å². The summed E-state index contributed by atoms with van der Waals surface area (Å²) >= 11 is 7.65. The van der Waals surface area contributed by atoms with Crippen LogP contribution >= 0.6 is 23.4 Å². The van der Waals surface area contributed by atoms with Gasteiger partial charge in [0, 0.05) is 10.6 Å². The van der Waals surface area contributed by atoms with Crippen LogP contribution in [0.2, 0.25) is 5.02 Å². The van der Waals surface area contributed by atoms with Crippen LogP contribution in [0, 0.1) is 5.92 Å². The fourth-order valence-electron chi connectivity index (χ4n) is 1.48. The maximum absolute atomic E-state index is 11.9. The van der Waals surface area contributed by atoms with Gasteiger partial charge in [0.2, 0.25) is 5.91 Å². The van der Waals surface area contributed by atoms with E-state index in [9.17, 15) is 4.79 Å². The third-order valence-corrected chi connectivity index (χ3v) is 4.20. The van der Waals surface area contributed by atoms with Crippen molar-refractivity contribution in [3.8, 4) is 0 Å². The number of nitrogens with one attached hydrogen (secondary N) is 1. The Balaban J connectivity index is 2.73. The lowest BCUT2D eigenvalue weighted by molar-refractivity contribution is -0.118. The first-order valence-electron chi connectivity index (χ1n) is 5.89. The molecule has 5 heteroatoms. The van der Waals surface area contributed by atoms with Crippen LogP contribution in [-0.2, 0) is 4.79 Å². The third kappa shape index (κ3) is 3.90. The number of carbonyl (C=O) groups is 1. The monoisotopic (exact) mass is 286 g/mol. The van der Waals surface area contributed by atoms with E-state index >= 15 is 0 Å². The molecule has 1 amide bonds. The number of anilines is 1. The smallest absolute Gasteiger partial charge is 0.241 e. The first-order valence-corrected chi connectivity index (χ1v) is 7.49. The van der Waals surface area contributed by atoms with Crippen molar-refractivity contribution in [2.75, 3.05) is 11.6 Å². The average molecular weight is 287 g/mol. The van der Waals surface area contributed by atoms with Crippen LogP contribution < -0.4 is 11.1 Å². The number of thioether (sulfide) groups is 1. The minimum absolute atomic E-state index is 0.158. The summed E-state index contributed by atoms with van der Waals surface area (Å²) in [6.07, 6.45) is 2.83. The molecule has 2 atom stereocenters.